The topological polar surface area (TPSA) is 113 Å². The number of nitrogens with zero attached hydrogens (tertiary/aromatic N) is 1. The van der Waals surface area contributed by atoms with Gasteiger partial charge in [0.15, 0.2) is 0 Å². The lowest BCUT2D eigenvalue weighted by Gasteiger charge is -2.27. The van der Waals surface area contributed by atoms with Crippen LogP contribution in [-0.4, -0.2) is 46.4 Å². The highest BCUT2D eigenvalue weighted by molar-refractivity contribution is 6.09. The molecule has 8 heteroatoms. The Morgan fingerprint density at radius 3 is 2.29 bits per heavy atom. The molecule has 2 saturated heterocycles. The van der Waals surface area contributed by atoms with Gasteiger partial charge in [0.1, 0.15) is 5.54 Å². The average molecular weight is 422 g/mol. The number of carboxylic acid groups (broad SMARTS) is 1. The summed E-state index contributed by atoms with van der Waals surface area (Å²) in [6, 6.07) is 14.8. The molecule has 2 aliphatic rings. The van der Waals surface area contributed by atoms with Crippen molar-refractivity contribution in [2.45, 2.75) is 25.0 Å². The number of likely N-dealkylation sites (tertiary alicyclic amines) is 1. The van der Waals surface area contributed by atoms with Gasteiger partial charge in [0.05, 0.1) is 31.1 Å². The zero-order valence-corrected chi connectivity index (χ0v) is 17.1. The fourth-order valence-electron chi connectivity index (χ4n) is 4.55. The number of carbonyl (C=O) groups is 4. The van der Waals surface area contributed by atoms with E-state index in [1.807, 2.05) is 30.3 Å². The molecular weight excluding hydrogens is 400 g/mol. The number of ether oxygens (including phenoxy) is 1. The van der Waals surface area contributed by atoms with E-state index in [0.717, 1.165) is 10.5 Å². The SMILES string of the molecule is COC(=O)c1ccc(C2NC(C)(C(=O)O)C3C(=O)N(Cc4ccccc4)C(=O)C23)cc1. The maximum absolute atomic E-state index is 13.3. The normalized spacial score (nSPS) is 27.3. The molecule has 4 unspecified atom stereocenters. The third kappa shape index (κ3) is 3.29. The van der Waals surface area contributed by atoms with Crippen LogP contribution in [0.4, 0.5) is 0 Å². The number of methoxy groups -OCH3 is 1. The van der Waals surface area contributed by atoms with Crippen LogP contribution in [-0.2, 0) is 25.7 Å². The second-order valence-electron chi connectivity index (χ2n) is 7.99. The summed E-state index contributed by atoms with van der Waals surface area (Å²) in [4.78, 5) is 51.5. The number of hydrogen-bond acceptors (Lipinski definition) is 6. The molecule has 31 heavy (non-hydrogen) atoms. The van der Waals surface area contributed by atoms with Crippen molar-refractivity contribution in [2.24, 2.45) is 11.8 Å². The Labute approximate surface area is 178 Å². The summed E-state index contributed by atoms with van der Waals surface area (Å²) < 4.78 is 4.70. The molecule has 160 valence electrons. The Morgan fingerprint density at radius 2 is 1.71 bits per heavy atom. The van der Waals surface area contributed by atoms with Crippen LogP contribution < -0.4 is 5.32 Å². The van der Waals surface area contributed by atoms with Gasteiger partial charge in [-0.25, -0.2) is 4.79 Å². The van der Waals surface area contributed by atoms with Crippen molar-refractivity contribution in [3.05, 3.63) is 71.3 Å². The van der Waals surface area contributed by atoms with Crippen molar-refractivity contribution < 1.29 is 29.0 Å². The Kier molecular flexibility index (Phi) is 5.10. The van der Waals surface area contributed by atoms with Gasteiger partial charge in [-0.15, -0.1) is 0 Å². The van der Waals surface area contributed by atoms with E-state index in [9.17, 15) is 24.3 Å². The lowest BCUT2D eigenvalue weighted by molar-refractivity contribution is -0.150. The number of carboxylic acids is 1. The highest BCUT2D eigenvalue weighted by Crippen LogP contribution is 2.49. The molecule has 2 aromatic carbocycles. The van der Waals surface area contributed by atoms with Crippen LogP contribution in [0.15, 0.2) is 54.6 Å². The zero-order chi connectivity index (χ0) is 22.3. The Morgan fingerprint density at radius 1 is 1.06 bits per heavy atom. The number of hydrogen-bond donors (Lipinski definition) is 2. The summed E-state index contributed by atoms with van der Waals surface area (Å²) in [6.45, 7) is 1.53. The second-order valence-corrected chi connectivity index (χ2v) is 7.99. The predicted octanol–water partition coefficient (Wildman–Crippen LogP) is 1.76. The van der Waals surface area contributed by atoms with Gasteiger partial charge >= 0.3 is 11.9 Å². The van der Waals surface area contributed by atoms with E-state index in [1.54, 1.807) is 24.3 Å². The molecular formula is C23H22N2O6. The summed E-state index contributed by atoms with van der Waals surface area (Å²) >= 11 is 0. The fraction of sp³-hybridized carbons (Fsp3) is 0.304. The van der Waals surface area contributed by atoms with Crippen molar-refractivity contribution >= 4 is 23.8 Å². The van der Waals surface area contributed by atoms with E-state index < -0.39 is 47.2 Å². The van der Waals surface area contributed by atoms with Crippen molar-refractivity contribution in [3.8, 4) is 0 Å². The maximum atomic E-state index is 13.3. The van der Waals surface area contributed by atoms with Crippen LogP contribution in [0.2, 0.25) is 0 Å². The van der Waals surface area contributed by atoms with Gasteiger partial charge in [-0.1, -0.05) is 42.5 Å². The molecule has 2 N–H and O–H groups in total. The third-order valence-corrected chi connectivity index (χ3v) is 6.20. The number of rotatable bonds is 5. The fourth-order valence-corrected chi connectivity index (χ4v) is 4.55. The first kappa shape index (κ1) is 20.7. The van der Waals surface area contributed by atoms with Gasteiger partial charge in [-0.2, -0.15) is 0 Å². The third-order valence-electron chi connectivity index (χ3n) is 6.20. The Hall–Kier alpha value is -3.52. The van der Waals surface area contributed by atoms with Crippen LogP contribution in [0.5, 0.6) is 0 Å². The molecule has 2 amide bonds. The number of imide groups is 1. The molecule has 0 aromatic heterocycles. The quantitative estimate of drug-likeness (QED) is 0.558. The van der Waals surface area contributed by atoms with E-state index in [4.69, 9.17) is 4.74 Å². The Balaban J connectivity index is 1.70. The van der Waals surface area contributed by atoms with E-state index in [-0.39, 0.29) is 6.54 Å². The minimum Gasteiger partial charge on any atom is -0.480 e. The van der Waals surface area contributed by atoms with Crippen molar-refractivity contribution in [2.75, 3.05) is 7.11 Å². The van der Waals surface area contributed by atoms with Crippen molar-refractivity contribution in [3.63, 3.8) is 0 Å². The van der Waals surface area contributed by atoms with Crippen molar-refractivity contribution in [1.82, 2.24) is 10.2 Å². The maximum Gasteiger partial charge on any atom is 0.337 e. The summed E-state index contributed by atoms with van der Waals surface area (Å²) in [5.41, 5.74) is 0.138. The van der Waals surface area contributed by atoms with Crippen LogP contribution in [0.3, 0.4) is 0 Å². The van der Waals surface area contributed by atoms with E-state index in [2.05, 4.69) is 5.32 Å². The predicted molar refractivity (Wildman–Crippen MR) is 109 cm³/mol. The van der Waals surface area contributed by atoms with Crippen molar-refractivity contribution in [1.29, 1.82) is 0 Å². The highest BCUT2D eigenvalue weighted by atomic mass is 16.5. The number of fused-ring (bicyclic) bond motifs is 1. The van der Waals surface area contributed by atoms with Gasteiger partial charge in [-0.3, -0.25) is 24.6 Å². The molecule has 0 bridgehead atoms. The van der Waals surface area contributed by atoms with Crippen LogP contribution >= 0.6 is 0 Å². The molecule has 2 heterocycles. The minimum atomic E-state index is -1.60. The zero-order valence-electron chi connectivity index (χ0n) is 17.1. The molecule has 2 fully saturated rings. The van der Waals surface area contributed by atoms with Crippen LogP contribution in [0.25, 0.3) is 0 Å². The molecule has 0 spiro atoms. The Bertz CT molecular complexity index is 1050. The number of aliphatic carboxylic acids is 1. The van der Waals surface area contributed by atoms with E-state index >= 15 is 0 Å². The number of carbonyl (C=O) groups excluding carboxylic acids is 3. The summed E-state index contributed by atoms with van der Waals surface area (Å²) in [6.07, 6.45) is 0. The summed E-state index contributed by atoms with van der Waals surface area (Å²) in [5.74, 6) is -4.49. The molecule has 8 nitrogen and oxygen atoms in total. The smallest absolute Gasteiger partial charge is 0.337 e. The van der Waals surface area contributed by atoms with Gasteiger partial charge in [0, 0.05) is 6.04 Å². The first-order valence-electron chi connectivity index (χ1n) is 9.86. The molecule has 0 saturated carbocycles. The van der Waals surface area contributed by atoms with Crippen LogP contribution in [0.1, 0.15) is 34.5 Å². The second kappa shape index (κ2) is 7.63. The van der Waals surface area contributed by atoms with Gasteiger partial charge in [-0.05, 0) is 30.2 Å². The molecule has 2 aromatic rings. The molecule has 0 aliphatic carbocycles. The molecule has 0 radical (unpaired) electrons. The monoisotopic (exact) mass is 422 g/mol. The van der Waals surface area contributed by atoms with Crippen LogP contribution in [0, 0.1) is 11.8 Å². The lowest BCUT2D eigenvalue weighted by atomic mass is 9.80. The van der Waals surface area contributed by atoms with Gasteiger partial charge in [0.25, 0.3) is 0 Å². The first-order chi connectivity index (χ1) is 14.8. The number of nitrogens with one attached hydrogen (secondary N) is 1. The number of benzene rings is 2. The number of amides is 2. The first-order valence-corrected chi connectivity index (χ1v) is 9.86. The highest BCUT2D eigenvalue weighted by Gasteiger charge is 2.66. The summed E-state index contributed by atoms with van der Waals surface area (Å²) in [5, 5.41) is 12.9. The minimum absolute atomic E-state index is 0.0925. The molecule has 4 rings (SSSR count). The molecule has 2 aliphatic heterocycles. The average Bonchev–Trinajstić information content (AvgIpc) is 3.23. The number of esters is 1. The van der Waals surface area contributed by atoms with Gasteiger partial charge in [0.2, 0.25) is 11.8 Å². The standard InChI is InChI=1S/C23H22N2O6/c1-23(22(29)30)17-16(18(24-23)14-8-10-15(11-9-14)21(28)31-2)19(26)25(20(17)27)12-13-6-4-3-5-7-13/h3-11,16-18,24H,12H2,1-2H3,(H,29,30). The lowest BCUT2D eigenvalue weighted by Crippen LogP contribution is -2.53. The molecule has 4 atom stereocenters. The van der Waals surface area contributed by atoms with Gasteiger partial charge < -0.3 is 9.84 Å². The van der Waals surface area contributed by atoms with E-state index in [1.165, 1.54) is 14.0 Å². The largest absolute Gasteiger partial charge is 0.480 e. The summed E-state index contributed by atoms with van der Waals surface area (Å²) in [7, 11) is 1.28. The van der Waals surface area contributed by atoms with E-state index in [0.29, 0.717) is 11.1 Å².